The van der Waals surface area contributed by atoms with E-state index >= 15 is 0 Å². The first-order valence-electron chi connectivity index (χ1n) is 5.85. The van der Waals surface area contributed by atoms with E-state index in [-0.39, 0.29) is 22.4 Å². The summed E-state index contributed by atoms with van der Waals surface area (Å²) in [6, 6.07) is 11.5. The molecule has 21 heavy (non-hydrogen) atoms. The molecule has 0 heterocycles. The molecule has 0 atom stereocenters. The molecule has 2 aromatic rings. The number of nitrogens with two attached hydrogens (primary N) is 2. The number of benzene rings is 2. The van der Waals surface area contributed by atoms with Crippen molar-refractivity contribution in [2.24, 2.45) is 0 Å². The Morgan fingerprint density at radius 3 is 2.10 bits per heavy atom. The lowest BCUT2D eigenvalue weighted by Crippen LogP contribution is -2.07. The van der Waals surface area contributed by atoms with E-state index in [0.29, 0.717) is 16.8 Å². The van der Waals surface area contributed by atoms with E-state index in [1.165, 1.54) is 6.07 Å². The van der Waals surface area contributed by atoms with Crippen LogP contribution in [0.2, 0.25) is 0 Å². The van der Waals surface area contributed by atoms with Gasteiger partial charge >= 0.3 is 5.97 Å². The van der Waals surface area contributed by atoms with Crippen LogP contribution in [0.3, 0.4) is 0 Å². The number of rotatable bonds is 2. The number of aromatic carboxylic acids is 1. The van der Waals surface area contributed by atoms with Gasteiger partial charge in [-0.2, -0.15) is 10.5 Å². The fourth-order valence-electron chi connectivity index (χ4n) is 2.00. The standard InChI is InChI=1S/C15H10N4O2/c16-6-12-10(8-1-3-9(18)4-2-8)5-11(15(20)21)13(7-17)14(12)19/h1-5H,18-19H2,(H,20,21). The summed E-state index contributed by atoms with van der Waals surface area (Å²) in [5.41, 5.74) is 12.4. The molecule has 6 heteroatoms. The highest BCUT2D eigenvalue weighted by Gasteiger charge is 2.20. The van der Waals surface area contributed by atoms with Gasteiger partial charge in [-0.05, 0) is 23.8 Å². The number of nitrogen functional groups attached to an aromatic ring is 2. The molecule has 0 aliphatic heterocycles. The Morgan fingerprint density at radius 1 is 1.05 bits per heavy atom. The quantitative estimate of drug-likeness (QED) is 0.718. The maximum atomic E-state index is 11.3. The molecule has 2 aromatic carbocycles. The molecule has 0 amide bonds. The van der Waals surface area contributed by atoms with Crippen LogP contribution in [-0.2, 0) is 0 Å². The Kier molecular flexibility index (Phi) is 3.47. The van der Waals surface area contributed by atoms with E-state index in [2.05, 4.69) is 0 Å². The Hall–Kier alpha value is -3.51. The van der Waals surface area contributed by atoms with Crippen molar-refractivity contribution in [3.05, 3.63) is 47.0 Å². The number of hydrogen-bond donors (Lipinski definition) is 3. The second-order valence-electron chi connectivity index (χ2n) is 4.29. The number of anilines is 2. The molecule has 0 unspecified atom stereocenters. The van der Waals surface area contributed by atoms with Crippen LogP contribution >= 0.6 is 0 Å². The molecule has 0 spiro atoms. The normalized spacial score (nSPS) is 9.62. The Labute approximate surface area is 120 Å². The summed E-state index contributed by atoms with van der Waals surface area (Å²) in [4.78, 5) is 11.3. The van der Waals surface area contributed by atoms with Crippen molar-refractivity contribution in [3.8, 4) is 23.3 Å². The summed E-state index contributed by atoms with van der Waals surface area (Å²) >= 11 is 0. The van der Waals surface area contributed by atoms with E-state index in [9.17, 15) is 15.2 Å². The van der Waals surface area contributed by atoms with Crippen molar-refractivity contribution < 1.29 is 9.90 Å². The molecular formula is C15H10N4O2. The maximum Gasteiger partial charge on any atom is 0.337 e. The predicted molar refractivity (Wildman–Crippen MR) is 77.1 cm³/mol. The van der Waals surface area contributed by atoms with Crippen LogP contribution in [0, 0.1) is 22.7 Å². The third kappa shape index (κ3) is 2.34. The summed E-state index contributed by atoms with van der Waals surface area (Å²) in [7, 11) is 0. The van der Waals surface area contributed by atoms with Crippen LogP contribution in [0.25, 0.3) is 11.1 Å². The number of carboxylic acid groups (broad SMARTS) is 1. The second-order valence-corrected chi connectivity index (χ2v) is 4.29. The number of nitrogens with zero attached hydrogens (tertiary/aromatic N) is 2. The summed E-state index contributed by atoms with van der Waals surface area (Å²) in [5, 5.41) is 27.5. The molecule has 0 radical (unpaired) electrons. The minimum atomic E-state index is -1.28. The van der Waals surface area contributed by atoms with E-state index in [1.807, 2.05) is 6.07 Å². The topological polar surface area (TPSA) is 137 Å². The zero-order chi connectivity index (χ0) is 15.6. The molecule has 0 fully saturated rings. The number of carbonyl (C=O) groups is 1. The van der Waals surface area contributed by atoms with Gasteiger partial charge in [0.1, 0.15) is 12.1 Å². The van der Waals surface area contributed by atoms with E-state index in [0.717, 1.165) is 0 Å². The van der Waals surface area contributed by atoms with Crippen LogP contribution in [-0.4, -0.2) is 11.1 Å². The fourth-order valence-corrected chi connectivity index (χ4v) is 2.00. The van der Waals surface area contributed by atoms with Crippen molar-refractivity contribution in [1.82, 2.24) is 0 Å². The van der Waals surface area contributed by atoms with Gasteiger partial charge in [0.2, 0.25) is 0 Å². The molecule has 0 saturated carbocycles. The highest BCUT2D eigenvalue weighted by atomic mass is 16.4. The predicted octanol–water partition coefficient (Wildman–Crippen LogP) is 1.96. The molecule has 0 saturated heterocycles. The summed E-state index contributed by atoms with van der Waals surface area (Å²) < 4.78 is 0. The van der Waals surface area contributed by atoms with Crippen LogP contribution in [0.5, 0.6) is 0 Å². The third-order valence-electron chi connectivity index (χ3n) is 3.04. The van der Waals surface area contributed by atoms with Crippen LogP contribution in [0.15, 0.2) is 30.3 Å². The van der Waals surface area contributed by atoms with Gasteiger partial charge in [-0.1, -0.05) is 12.1 Å². The van der Waals surface area contributed by atoms with Gasteiger partial charge in [0.15, 0.2) is 0 Å². The minimum Gasteiger partial charge on any atom is -0.478 e. The second kappa shape index (κ2) is 5.24. The van der Waals surface area contributed by atoms with Crippen molar-refractivity contribution in [2.45, 2.75) is 0 Å². The molecule has 0 aliphatic rings. The van der Waals surface area contributed by atoms with Gasteiger partial charge in [0, 0.05) is 11.3 Å². The van der Waals surface area contributed by atoms with Gasteiger partial charge in [-0.15, -0.1) is 0 Å². The van der Waals surface area contributed by atoms with Gasteiger partial charge in [-0.3, -0.25) is 0 Å². The highest BCUT2D eigenvalue weighted by molar-refractivity contribution is 5.97. The zero-order valence-corrected chi connectivity index (χ0v) is 10.8. The summed E-state index contributed by atoms with van der Waals surface area (Å²) in [6.45, 7) is 0. The highest BCUT2D eigenvalue weighted by Crippen LogP contribution is 2.32. The zero-order valence-electron chi connectivity index (χ0n) is 10.8. The SMILES string of the molecule is N#Cc1c(C(=O)O)cc(-c2ccc(N)cc2)c(C#N)c1N. The first-order chi connectivity index (χ1) is 9.99. The fraction of sp³-hybridized carbons (Fsp3) is 0. The molecule has 5 N–H and O–H groups in total. The lowest BCUT2D eigenvalue weighted by Gasteiger charge is -2.11. The Morgan fingerprint density at radius 2 is 1.62 bits per heavy atom. The average molecular weight is 278 g/mol. The van der Waals surface area contributed by atoms with Crippen LogP contribution in [0.4, 0.5) is 11.4 Å². The summed E-state index contributed by atoms with van der Waals surface area (Å²) in [6.07, 6.45) is 0. The largest absolute Gasteiger partial charge is 0.478 e. The van der Waals surface area contributed by atoms with Crippen molar-refractivity contribution >= 4 is 17.3 Å². The maximum absolute atomic E-state index is 11.3. The molecule has 6 nitrogen and oxygen atoms in total. The Balaban J connectivity index is 2.84. The number of carboxylic acids is 1. The first kappa shape index (κ1) is 13.9. The average Bonchev–Trinajstić information content (AvgIpc) is 2.47. The summed E-state index contributed by atoms with van der Waals surface area (Å²) in [5.74, 6) is -1.28. The Bertz CT molecular complexity index is 812. The smallest absolute Gasteiger partial charge is 0.337 e. The van der Waals surface area contributed by atoms with Crippen molar-refractivity contribution in [1.29, 1.82) is 10.5 Å². The van der Waals surface area contributed by atoms with Gasteiger partial charge in [0.25, 0.3) is 0 Å². The van der Waals surface area contributed by atoms with Gasteiger partial charge in [0.05, 0.1) is 22.4 Å². The molecule has 0 aliphatic carbocycles. The minimum absolute atomic E-state index is 0.0707. The molecule has 0 bridgehead atoms. The van der Waals surface area contributed by atoms with Crippen molar-refractivity contribution in [3.63, 3.8) is 0 Å². The lowest BCUT2D eigenvalue weighted by atomic mass is 9.92. The van der Waals surface area contributed by atoms with Crippen LogP contribution in [0.1, 0.15) is 21.5 Å². The van der Waals surface area contributed by atoms with E-state index in [4.69, 9.17) is 16.7 Å². The van der Waals surface area contributed by atoms with Crippen molar-refractivity contribution in [2.75, 3.05) is 11.5 Å². The number of hydrogen-bond acceptors (Lipinski definition) is 5. The molecule has 0 aromatic heterocycles. The molecular weight excluding hydrogens is 268 g/mol. The first-order valence-corrected chi connectivity index (χ1v) is 5.85. The number of nitriles is 2. The van der Waals surface area contributed by atoms with E-state index in [1.54, 1.807) is 30.3 Å². The van der Waals surface area contributed by atoms with E-state index < -0.39 is 5.97 Å². The monoisotopic (exact) mass is 278 g/mol. The molecule has 2 rings (SSSR count). The molecule has 102 valence electrons. The third-order valence-corrected chi connectivity index (χ3v) is 3.04. The van der Waals surface area contributed by atoms with Crippen LogP contribution < -0.4 is 11.5 Å². The van der Waals surface area contributed by atoms with Gasteiger partial charge in [-0.25, -0.2) is 4.79 Å². The van der Waals surface area contributed by atoms with Gasteiger partial charge < -0.3 is 16.6 Å². The lowest BCUT2D eigenvalue weighted by molar-refractivity contribution is 0.0696.